The molecule has 3 N–H and O–H groups in total. The highest BCUT2D eigenvalue weighted by Crippen LogP contribution is 2.24. The Morgan fingerprint density at radius 2 is 2.17 bits per heavy atom. The number of aliphatic hydroxyl groups excluding tert-OH is 1. The number of aliphatic hydroxyl groups is 1. The molecule has 3 rings (SSSR count). The third-order valence-corrected chi connectivity index (χ3v) is 4.21. The van der Waals surface area contributed by atoms with Gasteiger partial charge in [0.15, 0.2) is 0 Å². The summed E-state index contributed by atoms with van der Waals surface area (Å²) in [6, 6.07) is 6.63. The van der Waals surface area contributed by atoms with Crippen molar-refractivity contribution in [1.82, 2.24) is 15.5 Å². The molecule has 128 valence electrons. The molecule has 0 bridgehead atoms. The van der Waals surface area contributed by atoms with Crippen LogP contribution in [0.5, 0.6) is 0 Å². The lowest BCUT2D eigenvalue weighted by Crippen LogP contribution is -2.36. The second kappa shape index (κ2) is 7.00. The Bertz CT molecular complexity index is 723. The first-order chi connectivity index (χ1) is 11.5. The van der Waals surface area contributed by atoms with Gasteiger partial charge in [-0.05, 0) is 43.5 Å². The normalized spacial score (nSPS) is 15.5. The van der Waals surface area contributed by atoms with Gasteiger partial charge in [-0.2, -0.15) is 5.10 Å². The van der Waals surface area contributed by atoms with E-state index in [-0.39, 0.29) is 24.4 Å². The molecule has 0 atom stereocenters. The van der Waals surface area contributed by atoms with Crippen LogP contribution in [-0.2, 0) is 6.54 Å². The Balaban J connectivity index is 1.61. The molecule has 6 nitrogen and oxygen atoms in total. The van der Waals surface area contributed by atoms with Crippen molar-refractivity contribution in [2.75, 3.05) is 18.0 Å². The fraction of sp³-hybridized carbons (Fsp3) is 0.412. The molecule has 1 aliphatic heterocycles. The third kappa shape index (κ3) is 3.73. The highest BCUT2D eigenvalue weighted by Gasteiger charge is 2.19. The minimum absolute atomic E-state index is 0.237. The van der Waals surface area contributed by atoms with Gasteiger partial charge in [-0.25, -0.2) is 4.39 Å². The fourth-order valence-corrected chi connectivity index (χ4v) is 2.83. The molecular weight excluding hydrogens is 311 g/mol. The number of aryl methyl sites for hydroxylation is 1. The minimum Gasteiger partial charge on any atom is -0.393 e. The molecular formula is C17H21FN4O2. The van der Waals surface area contributed by atoms with E-state index in [1.165, 1.54) is 6.07 Å². The summed E-state index contributed by atoms with van der Waals surface area (Å²) in [5.74, 6) is -0.609. The van der Waals surface area contributed by atoms with Gasteiger partial charge in [0, 0.05) is 25.3 Å². The lowest BCUT2D eigenvalue weighted by atomic mass is 10.1. The number of anilines is 1. The summed E-state index contributed by atoms with van der Waals surface area (Å²) < 4.78 is 14.3. The maximum Gasteiger partial charge on any atom is 0.272 e. The van der Waals surface area contributed by atoms with Crippen LogP contribution in [0.3, 0.4) is 0 Å². The SMILES string of the molecule is Cc1cc(C(=O)NCc2ccc(N3CCC(O)CC3)c(F)c2)n[nH]1. The number of aromatic amines is 1. The molecule has 1 aromatic carbocycles. The van der Waals surface area contributed by atoms with Crippen molar-refractivity contribution < 1.29 is 14.3 Å². The number of hydrogen-bond acceptors (Lipinski definition) is 4. The second-order valence-corrected chi connectivity index (χ2v) is 6.12. The van der Waals surface area contributed by atoms with Crippen molar-refractivity contribution in [2.24, 2.45) is 0 Å². The predicted octanol–water partition coefficient (Wildman–Crippen LogP) is 1.75. The van der Waals surface area contributed by atoms with Crippen LogP contribution in [0.2, 0.25) is 0 Å². The standard InChI is InChI=1S/C17H21FN4O2/c1-11-8-15(21-20-11)17(24)19-10-12-2-3-16(14(18)9-12)22-6-4-13(23)5-7-22/h2-3,8-9,13,23H,4-7,10H2,1H3,(H,19,24)(H,20,21). The zero-order valence-corrected chi connectivity index (χ0v) is 13.6. The summed E-state index contributed by atoms with van der Waals surface area (Å²) in [4.78, 5) is 13.9. The molecule has 1 fully saturated rings. The number of piperidine rings is 1. The highest BCUT2D eigenvalue weighted by atomic mass is 19.1. The number of benzene rings is 1. The van der Waals surface area contributed by atoms with E-state index in [1.54, 1.807) is 18.2 Å². The van der Waals surface area contributed by atoms with E-state index in [9.17, 15) is 14.3 Å². The van der Waals surface area contributed by atoms with E-state index in [1.807, 2.05) is 11.8 Å². The van der Waals surface area contributed by atoms with Crippen LogP contribution in [0.1, 0.15) is 34.6 Å². The Hall–Kier alpha value is -2.41. The van der Waals surface area contributed by atoms with Crippen LogP contribution < -0.4 is 10.2 Å². The molecule has 1 amide bonds. The molecule has 1 aliphatic rings. The maximum atomic E-state index is 14.3. The number of carbonyl (C=O) groups is 1. The topological polar surface area (TPSA) is 81.2 Å². The fourth-order valence-electron chi connectivity index (χ4n) is 2.83. The molecule has 24 heavy (non-hydrogen) atoms. The summed E-state index contributed by atoms with van der Waals surface area (Å²) >= 11 is 0. The van der Waals surface area contributed by atoms with Gasteiger partial charge in [-0.3, -0.25) is 9.89 Å². The maximum absolute atomic E-state index is 14.3. The molecule has 0 saturated carbocycles. The van der Waals surface area contributed by atoms with E-state index >= 15 is 0 Å². The van der Waals surface area contributed by atoms with E-state index in [4.69, 9.17) is 0 Å². The summed E-state index contributed by atoms with van der Waals surface area (Å²) in [6.07, 6.45) is 1.02. The van der Waals surface area contributed by atoms with Crippen molar-refractivity contribution in [1.29, 1.82) is 0 Å². The second-order valence-electron chi connectivity index (χ2n) is 6.12. The summed E-state index contributed by atoms with van der Waals surface area (Å²) in [5, 5.41) is 18.9. The van der Waals surface area contributed by atoms with Crippen molar-refractivity contribution in [3.8, 4) is 0 Å². The first-order valence-electron chi connectivity index (χ1n) is 8.04. The molecule has 1 saturated heterocycles. The molecule has 0 spiro atoms. The zero-order valence-electron chi connectivity index (χ0n) is 13.6. The Labute approximate surface area is 139 Å². The van der Waals surface area contributed by atoms with Gasteiger partial charge in [0.2, 0.25) is 0 Å². The largest absolute Gasteiger partial charge is 0.393 e. The van der Waals surface area contributed by atoms with Gasteiger partial charge in [0.25, 0.3) is 5.91 Å². The molecule has 2 heterocycles. The van der Waals surface area contributed by atoms with Crippen LogP contribution in [0, 0.1) is 12.7 Å². The van der Waals surface area contributed by atoms with E-state index < -0.39 is 0 Å². The quantitative estimate of drug-likeness (QED) is 0.797. The monoisotopic (exact) mass is 332 g/mol. The van der Waals surface area contributed by atoms with Crippen molar-refractivity contribution in [3.63, 3.8) is 0 Å². The van der Waals surface area contributed by atoms with Gasteiger partial charge < -0.3 is 15.3 Å². The predicted molar refractivity (Wildman–Crippen MR) is 88.3 cm³/mol. The molecule has 7 heteroatoms. The number of hydrogen-bond donors (Lipinski definition) is 3. The number of nitrogens with zero attached hydrogens (tertiary/aromatic N) is 2. The molecule has 0 radical (unpaired) electrons. The number of H-pyrrole nitrogens is 1. The van der Waals surface area contributed by atoms with Crippen LogP contribution in [-0.4, -0.2) is 40.4 Å². The number of halogens is 1. The molecule has 0 aliphatic carbocycles. The molecule has 1 aromatic heterocycles. The number of aromatic nitrogens is 2. The molecule has 2 aromatic rings. The van der Waals surface area contributed by atoms with Gasteiger partial charge >= 0.3 is 0 Å². The smallest absolute Gasteiger partial charge is 0.272 e. The zero-order chi connectivity index (χ0) is 17.1. The number of rotatable bonds is 4. The number of carbonyl (C=O) groups excluding carboxylic acids is 1. The first kappa shape index (κ1) is 16.4. The Kier molecular flexibility index (Phi) is 4.80. The van der Waals surface area contributed by atoms with Gasteiger partial charge in [-0.15, -0.1) is 0 Å². The van der Waals surface area contributed by atoms with Crippen molar-refractivity contribution in [2.45, 2.75) is 32.4 Å². The van der Waals surface area contributed by atoms with Crippen LogP contribution in [0.4, 0.5) is 10.1 Å². The van der Waals surface area contributed by atoms with Crippen LogP contribution in [0.25, 0.3) is 0 Å². The Morgan fingerprint density at radius 1 is 1.42 bits per heavy atom. The third-order valence-electron chi connectivity index (χ3n) is 4.21. The number of nitrogens with one attached hydrogen (secondary N) is 2. The van der Waals surface area contributed by atoms with Crippen molar-refractivity contribution >= 4 is 11.6 Å². The van der Waals surface area contributed by atoms with E-state index in [0.717, 1.165) is 5.69 Å². The Morgan fingerprint density at radius 3 is 2.79 bits per heavy atom. The van der Waals surface area contributed by atoms with Gasteiger partial charge in [0.05, 0.1) is 11.8 Å². The van der Waals surface area contributed by atoms with Crippen LogP contribution in [0.15, 0.2) is 24.3 Å². The average Bonchev–Trinajstić information content (AvgIpc) is 3.00. The number of amides is 1. The van der Waals surface area contributed by atoms with Gasteiger partial charge in [0.1, 0.15) is 11.5 Å². The van der Waals surface area contributed by atoms with E-state index in [2.05, 4.69) is 15.5 Å². The first-order valence-corrected chi connectivity index (χ1v) is 8.04. The summed E-state index contributed by atoms with van der Waals surface area (Å²) in [6.45, 7) is 3.34. The van der Waals surface area contributed by atoms with Gasteiger partial charge in [-0.1, -0.05) is 6.07 Å². The van der Waals surface area contributed by atoms with Crippen molar-refractivity contribution in [3.05, 3.63) is 47.0 Å². The van der Waals surface area contributed by atoms with Crippen LogP contribution >= 0.6 is 0 Å². The summed E-state index contributed by atoms with van der Waals surface area (Å²) in [5.41, 5.74) is 2.35. The average molecular weight is 332 g/mol. The lowest BCUT2D eigenvalue weighted by Gasteiger charge is -2.31. The minimum atomic E-state index is -0.311. The molecule has 0 unspecified atom stereocenters. The highest BCUT2D eigenvalue weighted by molar-refractivity contribution is 5.92. The lowest BCUT2D eigenvalue weighted by molar-refractivity contribution is 0.0946. The van der Waals surface area contributed by atoms with E-state index in [0.29, 0.717) is 42.9 Å². The summed E-state index contributed by atoms with van der Waals surface area (Å²) in [7, 11) is 0.